The molecule has 0 spiro atoms. The summed E-state index contributed by atoms with van der Waals surface area (Å²) >= 11 is 0. The second-order valence-electron chi connectivity index (χ2n) is 5.62. The third-order valence-corrected chi connectivity index (χ3v) is 3.98. The van der Waals surface area contributed by atoms with Gasteiger partial charge in [-0.1, -0.05) is 24.3 Å². The average molecular weight is 346 g/mol. The van der Waals surface area contributed by atoms with Crippen LogP contribution >= 0.6 is 0 Å². The molecule has 3 N–H and O–H groups in total. The number of para-hydroxylation sites is 4. The first-order chi connectivity index (χ1) is 12.8. The molecule has 0 unspecified atom stereocenters. The molecule has 0 fully saturated rings. The number of ether oxygens (including phenoxy) is 1. The van der Waals surface area contributed by atoms with Gasteiger partial charge >= 0.3 is 0 Å². The van der Waals surface area contributed by atoms with Crippen molar-refractivity contribution in [3.05, 3.63) is 61.2 Å². The highest BCUT2D eigenvalue weighted by atomic mass is 16.5. The number of fused-ring (bicyclic) bond motifs is 1. The smallest absolute Gasteiger partial charge is 0.167 e. The average Bonchev–Trinajstić information content (AvgIpc) is 3.09. The zero-order valence-electron chi connectivity index (χ0n) is 14.3. The summed E-state index contributed by atoms with van der Waals surface area (Å²) in [5, 5.41) is 3.24. The molecule has 130 valence electrons. The van der Waals surface area contributed by atoms with E-state index in [1.165, 1.54) is 6.33 Å². The molecule has 0 aliphatic heterocycles. The van der Waals surface area contributed by atoms with E-state index >= 15 is 0 Å². The molecule has 4 rings (SSSR count). The van der Waals surface area contributed by atoms with Gasteiger partial charge in [0.2, 0.25) is 0 Å². The lowest BCUT2D eigenvalue weighted by Crippen LogP contribution is -2.07. The van der Waals surface area contributed by atoms with Crippen LogP contribution in [0.15, 0.2) is 61.2 Å². The van der Waals surface area contributed by atoms with Crippen LogP contribution in [0.5, 0.6) is 5.75 Å². The highest BCUT2D eigenvalue weighted by molar-refractivity contribution is 5.81. The number of nitrogens with one attached hydrogen (secondary N) is 1. The number of hydrogen-bond donors (Lipinski definition) is 2. The zero-order chi connectivity index (χ0) is 17.9. The zero-order valence-corrected chi connectivity index (χ0v) is 14.3. The van der Waals surface area contributed by atoms with Gasteiger partial charge in [-0.25, -0.2) is 15.0 Å². The number of rotatable bonds is 5. The van der Waals surface area contributed by atoms with E-state index < -0.39 is 0 Å². The lowest BCUT2D eigenvalue weighted by Gasteiger charge is -2.14. The Kier molecular flexibility index (Phi) is 4.10. The molecule has 0 aliphatic rings. The first kappa shape index (κ1) is 15.9. The van der Waals surface area contributed by atoms with Gasteiger partial charge in [-0.05, 0) is 31.2 Å². The minimum Gasteiger partial charge on any atom is -0.492 e. The first-order valence-corrected chi connectivity index (χ1v) is 8.29. The molecule has 0 radical (unpaired) electrons. The topological polar surface area (TPSA) is 90.9 Å². The number of anilines is 3. The lowest BCUT2D eigenvalue weighted by molar-refractivity contribution is 0.342. The first-order valence-electron chi connectivity index (χ1n) is 8.29. The van der Waals surface area contributed by atoms with Gasteiger partial charge in [-0.3, -0.25) is 4.57 Å². The number of hydrogen-bond acceptors (Lipinski definition) is 6. The van der Waals surface area contributed by atoms with Crippen molar-refractivity contribution in [1.29, 1.82) is 0 Å². The largest absolute Gasteiger partial charge is 0.492 e. The molecule has 2 heterocycles. The number of nitrogen functional groups attached to an aromatic ring is 1. The maximum absolute atomic E-state index is 6.36. The normalized spacial score (nSPS) is 10.8. The van der Waals surface area contributed by atoms with Crippen molar-refractivity contribution >= 4 is 28.2 Å². The number of nitrogens with zero attached hydrogens (tertiary/aromatic N) is 4. The van der Waals surface area contributed by atoms with Crippen LogP contribution in [-0.4, -0.2) is 26.1 Å². The molecule has 0 saturated carbocycles. The van der Waals surface area contributed by atoms with E-state index in [1.807, 2.05) is 60.0 Å². The monoisotopic (exact) mass is 346 g/mol. The Morgan fingerprint density at radius 2 is 1.85 bits per heavy atom. The van der Waals surface area contributed by atoms with Crippen LogP contribution in [-0.2, 0) is 0 Å². The van der Waals surface area contributed by atoms with Gasteiger partial charge in [0.05, 0.1) is 23.3 Å². The van der Waals surface area contributed by atoms with E-state index in [9.17, 15) is 0 Å². The van der Waals surface area contributed by atoms with Gasteiger partial charge in [-0.2, -0.15) is 0 Å². The lowest BCUT2D eigenvalue weighted by atomic mass is 10.3. The molecule has 2 aromatic carbocycles. The predicted octanol–water partition coefficient (Wildman–Crippen LogP) is 3.54. The summed E-state index contributed by atoms with van der Waals surface area (Å²) in [6.07, 6.45) is 3.19. The van der Waals surface area contributed by atoms with Crippen molar-refractivity contribution in [2.24, 2.45) is 0 Å². The van der Waals surface area contributed by atoms with E-state index in [0.717, 1.165) is 22.5 Å². The molecule has 0 saturated heterocycles. The molecule has 7 heteroatoms. The van der Waals surface area contributed by atoms with Crippen LogP contribution in [0.25, 0.3) is 16.9 Å². The Bertz CT molecular complexity index is 1060. The summed E-state index contributed by atoms with van der Waals surface area (Å²) in [7, 11) is 0. The van der Waals surface area contributed by atoms with Crippen LogP contribution in [0.2, 0.25) is 0 Å². The van der Waals surface area contributed by atoms with Gasteiger partial charge in [0.1, 0.15) is 24.1 Å². The number of nitrogens with two attached hydrogens (primary N) is 1. The Balaban J connectivity index is 1.75. The maximum Gasteiger partial charge on any atom is 0.167 e. The number of benzene rings is 2. The van der Waals surface area contributed by atoms with Crippen molar-refractivity contribution < 1.29 is 4.74 Å². The van der Waals surface area contributed by atoms with E-state index in [0.29, 0.717) is 23.9 Å². The van der Waals surface area contributed by atoms with Crippen LogP contribution < -0.4 is 15.8 Å². The summed E-state index contributed by atoms with van der Waals surface area (Å²) in [4.78, 5) is 13.0. The fourth-order valence-corrected chi connectivity index (χ4v) is 2.78. The van der Waals surface area contributed by atoms with E-state index in [4.69, 9.17) is 10.5 Å². The van der Waals surface area contributed by atoms with E-state index in [-0.39, 0.29) is 0 Å². The molecule has 2 aromatic heterocycles. The second kappa shape index (κ2) is 6.72. The summed E-state index contributed by atoms with van der Waals surface area (Å²) in [6, 6.07) is 15.5. The predicted molar refractivity (Wildman–Crippen MR) is 102 cm³/mol. The molecule has 0 bridgehead atoms. The molecular weight excluding hydrogens is 328 g/mol. The molecule has 26 heavy (non-hydrogen) atoms. The van der Waals surface area contributed by atoms with Crippen LogP contribution in [0.4, 0.5) is 17.2 Å². The Morgan fingerprint density at radius 1 is 1.04 bits per heavy atom. The van der Waals surface area contributed by atoms with Crippen molar-refractivity contribution in [3.8, 4) is 11.6 Å². The fraction of sp³-hybridized carbons (Fsp3) is 0.105. The molecule has 4 aromatic rings. The summed E-state index contributed by atoms with van der Waals surface area (Å²) < 4.78 is 7.50. The Labute approximate surface area is 150 Å². The quantitative estimate of drug-likeness (QED) is 0.574. The minimum atomic E-state index is 0.432. The Hall–Kier alpha value is -3.61. The van der Waals surface area contributed by atoms with Crippen molar-refractivity contribution in [1.82, 2.24) is 19.5 Å². The molecular formula is C19H18N6O. The highest BCUT2D eigenvalue weighted by Crippen LogP contribution is 2.31. The van der Waals surface area contributed by atoms with Crippen molar-refractivity contribution in [2.75, 3.05) is 17.7 Å². The summed E-state index contributed by atoms with van der Waals surface area (Å²) in [6.45, 7) is 2.52. The van der Waals surface area contributed by atoms with E-state index in [1.54, 1.807) is 6.33 Å². The third-order valence-electron chi connectivity index (χ3n) is 3.98. The van der Waals surface area contributed by atoms with Gasteiger partial charge in [0.25, 0.3) is 0 Å². The highest BCUT2D eigenvalue weighted by Gasteiger charge is 2.14. The van der Waals surface area contributed by atoms with Gasteiger partial charge in [0.15, 0.2) is 11.6 Å². The SMILES string of the molecule is CCOc1ccccc1Nc1ncnc(-n2cnc3ccccc32)c1N. The van der Waals surface area contributed by atoms with Gasteiger partial charge < -0.3 is 15.8 Å². The van der Waals surface area contributed by atoms with Gasteiger partial charge in [-0.15, -0.1) is 0 Å². The fourth-order valence-electron chi connectivity index (χ4n) is 2.78. The molecule has 0 amide bonds. The second-order valence-corrected chi connectivity index (χ2v) is 5.62. The minimum absolute atomic E-state index is 0.432. The van der Waals surface area contributed by atoms with Gasteiger partial charge in [0, 0.05) is 0 Å². The summed E-state index contributed by atoms with van der Waals surface area (Å²) in [5.41, 5.74) is 9.39. The maximum atomic E-state index is 6.36. The van der Waals surface area contributed by atoms with Crippen LogP contribution in [0, 0.1) is 0 Å². The standard InChI is InChI=1S/C19H18N6O/c1-2-26-16-10-6-4-8-14(16)24-18-17(20)19(22-11-21-18)25-12-23-13-7-3-5-9-15(13)25/h3-12H,2,20H2,1H3,(H,21,22,24). The molecule has 7 nitrogen and oxygen atoms in total. The van der Waals surface area contributed by atoms with Crippen LogP contribution in [0.3, 0.4) is 0 Å². The Morgan fingerprint density at radius 3 is 2.73 bits per heavy atom. The third kappa shape index (κ3) is 2.79. The molecule has 0 atom stereocenters. The number of aromatic nitrogens is 4. The van der Waals surface area contributed by atoms with Crippen LogP contribution in [0.1, 0.15) is 6.92 Å². The van der Waals surface area contributed by atoms with Crippen molar-refractivity contribution in [2.45, 2.75) is 6.92 Å². The van der Waals surface area contributed by atoms with E-state index in [2.05, 4.69) is 20.3 Å². The number of imidazole rings is 1. The van der Waals surface area contributed by atoms with Crippen molar-refractivity contribution in [3.63, 3.8) is 0 Å². The molecule has 0 aliphatic carbocycles. The summed E-state index contributed by atoms with van der Waals surface area (Å²) in [5.74, 6) is 1.83.